The molecule has 0 unspecified atom stereocenters. The summed E-state index contributed by atoms with van der Waals surface area (Å²) in [7, 11) is 0. The Bertz CT molecular complexity index is 915. The Kier molecular flexibility index (Phi) is 5.56. The molecule has 5 nitrogen and oxygen atoms in total. The first-order valence-corrected chi connectivity index (χ1v) is 9.02. The van der Waals surface area contributed by atoms with Gasteiger partial charge in [-0.2, -0.15) is 0 Å². The standard InChI is InChI=1S/C21H24N2O3/c1-3-4-7-13-26-18-12-6-5-10-16(18)14-23-17-11-8-9-15(2)19(17)20(22-25)21(23)24/h5-6,8-12,24H,3-4,7,13-14H2,1-2H3. The van der Waals surface area contributed by atoms with Crippen LogP contribution in [0.4, 0.5) is 5.69 Å². The Morgan fingerprint density at radius 1 is 1.12 bits per heavy atom. The quantitative estimate of drug-likeness (QED) is 0.419. The highest BCUT2D eigenvalue weighted by Crippen LogP contribution is 2.41. The van der Waals surface area contributed by atoms with Crippen molar-refractivity contribution >= 4 is 16.6 Å². The number of nitrogens with zero attached hydrogens (tertiary/aromatic N) is 2. The predicted molar refractivity (Wildman–Crippen MR) is 104 cm³/mol. The second-order valence-electron chi connectivity index (χ2n) is 6.48. The second kappa shape index (κ2) is 8.04. The summed E-state index contributed by atoms with van der Waals surface area (Å²) in [4.78, 5) is 11.3. The highest BCUT2D eigenvalue weighted by atomic mass is 16.5. The van der Waals surface area contributed by atoms with Crippen LogP contribution in [0.25, 0.3) is 10.9 Å². The maximum absolute atomic E-state index is 11.3. The molecule has 1 heterocycles. The molecule has 0 saturated carbocycles. The van der Waals surface area contributed by atoms with Crippen molar-refractivity contribution in [2.24, 2.45) is 5.18 Å². The van der Waals surface area contributed by atoms with Crippen LogP contribution in [-0.4, -0.2) is 16.3 Å². The van der Waals surface area contributed by atoms with Crippen molar-refractivity contribution in [3.63, 3.8) is 0 Å². The van der Waals surface area contributed by atoms with E-state index in [0.717, 1.165) is 41.7 Å². The fraction of sp³-hybridized carbons (Fsp3) is 0.333. The van der Waals surface area contributed by atoms with E-state index in [9.17, 15) is 10.0 Å². The molecule has 2 aromatic carbocycles. The zero-order valence-electron chi connectivity index (χ0n) is 15.2. The molecule has 0 spiro atoms. The minimum atomic E-state index is -0.106. The van der Waals surface area contributed by atoms with Gasteiger partial charge >= 0.3 is 0 Å². The van der Waals surface area contributed by atoms with E-state index >= 15 is 0 Å². The molecule has 0 fully saturated rings. The Morgan fingerprint density at radius 2 is 1.92 bits per heavy atom. The number of fused-ring (bicyclic) bond motifs is 1. The fourth-order valence-electron chi connectivity index (χ4n) is 3.27. The van der Waals surface area contributed by atoms with Crippen LogP contribution in [0.5, 0.6) is 11.6 Å². The summed E-state index contributed by atoms with van der Waals surface area (Å²) in [6, 6.07) is 13.5. The zero-order valence-corrected chi connectivity index (χ0v) is 15.2. The largest absolute Gasteiger partial charge is 0.493 e. The van der Waals surface area contributed by atoms with E-state index in [-0.39, 0.29) is 11.6 Å². The average Bonchev–Trinajstić information content (AvgIpc) is 2.93. The van der Waals surface area contributed by atoms with Gasteiger partial charge in [-0.15, -0.1) is 4.91 Å². The number of unbranched alkanes of at least 4 members (excludes halogenated alkanes) is 2. The molecule has 3 aromatic rings. The van der Waals surface area contributed by atoms with Crippen molar-refractivity contribution in [1.82, 2.24) is 4.57 Å². The molecule has 0 aliphatic heterocycles. The van der Waals surface area contributed by atoms with Crippen molar-refractivity contribution in [2.45, 2.75) is 39.7 Å². The molecule has 1 N–H and O–H groups in total. The molecule has 3 rings (SSSR count). The van der Waals surface area contributed by atoms with Gasteiger partial charge in [0.2, 0.25) is 5.88 Å². The van der Waals surface area contributed by atoms with E-state index in [2.05, 4.69) is 12.1 Å². The summed E-state index contributed by atoms with van der Waals surface area (Å²) in [5.41, 5.74) is 2.75. The summed E-state index contributed by atoms with van der Waals surface area (Å²) in [5.74, 6) is 0.697. The Labute approximate surface area is 153 Å². The van der Waals surface area contributed by atoms with Crippen LogP contribution in [0.2, 0.25) is 0 Å². The highest BCUT2D eigenvalue weighted by Gasteiger charge is 2.19. The number of nitroso groups, excluding NO2 is 1. The first-order chi connectivity index (χ1) is 12.7. The van der Waals surface area contributed by atoms with Crippen LogP contribution in [-0.2, 0) is 6.54 Å². The van der Waals surface area contributed by atoms with Gasteiger partial charge in [-0.1, -0.05) is 50.1 Å². The number of hydrogen-bond donors (Lipinski definition) is 1. The van der Waals surface area contributed by atoms with E-state index in [1.54, 1.807) is 4.57 Å². The first-order valence-electron chi connectivity index (χ1n) is 9.02. The molecule has 136 valence electrons. The van der Waals surface area contributed by atoms with Gasteiger partial charge < -0.3 is 14.4 Å². The lowest BCUT2D eigenvalue weighted by atomic mass is 10.1. The maximum Gasteiger partial charge on any atom is 0.222 e. The normalized spacial score (nSPS) is 11.0. The van der Waals surface area contributed by atoms with Crippen LogP contribution in [0.15, 0.2) is 47.6 Å². The molecule has 0 aliphatic rings. The van der Waals surface area contributed by atoms with Crippen molar-refractivity contribution in [2.75, 3.05) is 6.61 Å². The van der Waals surface area contributed by atoms with Gasteiger partial charge in [0.15, 0.2) is 5.69 Å². The topological polar surface area (TPSA) is 63.8 Å². The lowest BCUT2D eigenvalue weighted by Gasteiger charge is -2.13. The molecule has 1 aromatic heterocycles. The lowest BCUT2D eigenvalue weighted by Crippen LogP contribution is -2.04. The summed E-state index contributed by atoms with van der Waals surface area (Å²) >= 11 is 0. The minimum absolute atomic E-state index is 0.0967. The summed E-state index contributed by atoms with van der Waals surface area (Å²) in [6.45, 7) is 5.15. The van der Waals surface area contributed by atoms with Crippen molar-refractivity contribution in [1.29, 1.82) is 0 Å². The van der Waals surface area contributed by atoms with Gasteiger partial charge in [-0.25, -0.2) is 0 Å². The van der Waals surface area contributed by atoms with Crippen molar-refractivity contribution in [3.8, 4) is 11.6 Å². The number of ether oxygens (including phenoxy) is 1. The molecule has 0 bridgehead atoms. The Morgan fingerprint density at radius 3 is 2.69 bits per heavy atom. The molecule has 26 heavy (non-hydrogen) atoms. The first kappa shape index (κ1) is 18.0. The summed E-state index contributed by atoms with van der Waals surface area (Å²) in [5, 5.41) is 14.3. The molecule has 5 heteroatoms. The zero-order chi connectivity index (χ0) is 18.5. The van der Waals surface area contributed by atoms with Crippen LogP contribution in [0, 0.1) is 11.8 Å². The minimum Gasteiger partial charge on any atom is -0.493 e. The van der Waals surface area contributed by atoms with Gasteiger partial charge in [-0.05, 0) is 36.2 Å². The Balaban J connectivity index is 1.96. The summed E-state index contributed by atoms with van der Waals surface area (Å²) < 4.78 is 7.66. The lowest BCUT2D eigenvalue weighted by molar-refractivity contribution is 0.302. The second-order valence-corrected chi connectivity index (χ2v) is 6.48. The molecular weight excluding hydrogens is 328 g/mol. The number of aryl methyl sites for hydroxylation is 1. The summed E-state index contributed by atoms with van der Waals surface area (Å²) in [6.07, 6.45) is 3.30. The number of hydrogen-bond acceptors (Lipinski definition) is 4. The highest BCUT2D eigenvalue weighted by molar-refractivity contribution is 5.97. The van der Waals surface area contributed by atoms with E-state index in [0.29, 0.717) is 18.5 Å². The van der Waals surface area contributed by atoms with Crippen LogP contribution >= 0.6 is 0 Å². The van der Waals surface area contributed by atoms with Crippen LogP contribution in [0.3, 0.4) is 0 Å². The monoisotopic (exact) mass is 352 g/mol. The maximum atomic E-state index is 11.3. The Hall–Kier alpha value is -2.82. The van der Waals surface area contributed by atoms with Crippen molar-refractivity contribution < 1.29 is 9.84 Å². The molecule has 0 radical (unpaired) electrons. The molecule has 0 aliphatic carbocycles. The van der Waals surface area contributed by atoms with E-state index in [1.807, 2.05) is 49.4 Å². The van der Waals surface area contributed by atoms with Crippen LogP contribution in [0.1, 0.15) is 37.3 Å². The van der Waals surface area contributed by atoms with Gasteiger partial charge in [0.25, 0.3) is 0 Å². The third-order valence-electron chi connectivity index (χ3n) is 4.64. The van der Waals surface area contributed by atoms with E-state index < -0.39 is 0 Å². The smallest absolute Gasteiger partial charge is 0.222 e. The van der Waals surface area contributed by atoms with Gasteiger partial charge in [0.05, 0.1) is 18.7 Å². The molecule has 0 saturated heterocycles. The third-order valence-corrected chi connectivity index (χ3v) is 4.64. The number of benzene rings is 2. The average molecular weight is 352 g/mol. The predicted octanol–water partition coefficient (Wildman–Crippen LogP) is 5.67. The van der Waals surface area contributed by atoms with Crippen LogP contribution < -0.4 is 4.74 Å². The molecule has 0 atom stereocenters. The third kappa shape index (κ3) is 3.43. The number of rotatable bonds is 8. The van der Waals surface area contributed by atoms with Gasteiger partial charge in [-0.3, -0.25) is 0 Å². The van der Waals surface area contributed by atoms with E-state index in [4.69, 9.17) is 4.74 Å². The van der Waals surface area contributed by atoms with Gasteiger partial charge in [0, 0.05) is 10.9 Å². The SMILES string of the molecule is CCCCCOc1ccccc1Cn1c(O)c(N=O)c2c(C)cccc21. The molecular formula is C21H24N2O3. The van der Waals surface area contributed by atoms with Gasteiger partial charge in [0.1, 0.15) is 5.75 Å². The van der Waals surface area contributed by atoms with E-state index in [1.165, 1.54) is 0 Å². The fourth-order valence-corrected chi connectivity index (χ4v) is 3.27. The van der Waals surface area contributed by atoms with Crippen molar-refractivity contribution in [3.05, 3.63) is 58.5 Å². The molecule has 0 amide bonds. The number of aromatic hydroxyl groups is 1. The number of aromatic nitrogens is 1. The number of para-hydroxylation sites is 1.